The van der Waals surface area contributed by atoms with Crippen molar-refractivity contribution in [2.24, 2.45) is 0 Å². The number of rotatable bonds is 5. The van der Waals surface area contributed by atoms with Gasteiger partial charge in [0, 0.05) is 27.4 Å². The molecule has 0 bridgehead atoms. The number of anilines is 1. The summed E-state index contributed by atoms with van der Waals surface area (Å²) in [7, 11) is 0. The van der Waals surface area contributed by atoms with Crippen molar-refractivity contribution in [3.8, 4) is 5.75 Å². The topological polar surface area (TPSA) is 55.4 Å². The van der Waals surface area contributed by atoms with Crippen molar-refractivity contribution in [3.05, 3.63) is 99.5 Å². The van der Waals surface area contributed by atoms with Crippen molar-refractivity contribution >= 4 is 46.8 Å². The van der Waals surface area contributed by atoms with Gasteiger partial charge in [0.2, 0.25) is 0 Å². The normalized spacial score (nSPS) is 10.7. The average molecular weight is 426 g/mol. The zero-order chi connectivity index (χ0) is 20.8. The van der Waals surface area contributed by atoms with E-state index in [0.717, 1.165) is 5.56 Å². The minimum absolute atomic E-state index is 0.246. The maximum Gasteiger partial charge on any atom is 0.336 e. The Morgan fingerprint density at radius 3 is 2.28 bits per heavy atom. The summed E-state index contributed by atoms with van der Waals surface area (Å²) in [5, 5.41) is 3.76. The molecule has 0 saturated carbocycles. The van der Waals surface area contributed by atoms with Crippen LogP contribution < -0.4 is 10.1 Å². The lowest BCUT2D eigenvalue weighted by Crippen LogP contribution is -2.12. The first-order valence-electron chi connectivity index (χ1n) is 8.74. The quantitative estimate of drug-likeness (QED) is 0.302. The van der Waals surface area contributed by atoms with Crippen LogP contribution in [0.25, 0.3) is 6.08 Å². The number of hydrogen-bond acceptors (Lipinski definition) is 3. The molecule has 3 aromatic carbocycles. The second-order valence-corrected chi connectivity index (χ2v) is 7.11. The molecule has 0 spiro atoms. The maximum atomic E-state index is 12.3. The Bertz CT molecular complexity index is 1060. The molecule has 1 N–H and O–H groups in total. The standard InChI is InChI=1S/C23H17Cl2NO3/c1-15-2-9-19(10-3-15)26-23(28)17-5-11-20(12-6-17)29-22(27)13-7-16-4-8-18(24)14-21(16)25/h2-14H,1H3,(H,26,28)/b13-7+. The number of carbonyl (C=O) groups excluding carboxylic acids is 2. The number of aryl methyl sites for hydroxylation is 1. The lowest BCUT2D eigenvalue weighted by molar-refractivity contribution is -0.128. The molecule has 6 heteroatoms. The van der Waals surface area contributed by atoms with Gasteiger partial charge in [-0.15, -0.1) is 0 Å². The predicted octanol–water partition coefficient (Wildman–Crippen LogP) is 6.17. The molecule has 0 aliphatic heterocycles. The van der Waals surface area contributed by atoms with Crippen LogP contribution in [0.5, 0.6) is 5.75 Å². The van der Waals surface area contributed by atoms with E-state index >= 15 is 0 Å². The fraction of sp³-hybridized carbons (Fsp3) is 0.0435. The highest BCUT2D eigenvalue weighted by molar-refractivity contribution is 6.35. The number of ether oxygens (including phenoxy) is 1. The zero-order valence-electron chi connectivity index (χ0n) is 15.5. The smallest absolute Gasteiger partial charge is 0.336 e. The number of amides is 1. The molecule has 1 amide bonds. The molecule has 0 heterocycles. The molecule has 0 aromatic heterocycles. The van der Waals surface area contributed by atoms with Gasteiger partial charge in [-0.3, -0.25) is 4.79 Å². The van der Waals surface area contributed by atoms with Crippen LogP contribution in [0.15, 0.2) is 72.8 Å². The van der Waals surface area contributed by atoms with Crippen molar-refractivity contribution in [1.29, 1.82) is 0 Å². The van der Waals surface area contributed by atoms with Gasteiger partial charge in [-0.2, -0.15) is 0 Å². The molecule has 0 fully saturated rings. The van der Waals surface area contributed by atoms with Crippen LogP contribution in [-0.4, -0.2) is 11.9 Å². The van der Waals surface area contributed by atoms with Gasteiger partial charge in [0.15, 0.2) is 0 Å². The molecule has 146 valence electrons. The Hall–Kier alpha value is -3.08. The Morgan fingerprint density at radius 2 is 1.62 bits per heavy atom. The number of carbonyl (C=O) groups is 2. The molecule has 0 unspecified atom stereocenters. The second-order valence-electron chi connectivity index (χ2n) is 6.26. The number of nitrogens with one attached hydrogen (secondary N) is 1. The van der Waals surface area contributed by atoms with Crippen LogP contribution in [0.3, 0.4) is 0 Å². The summed E-state index contributed by atoms with van der Waals surface area (Å²) in [5.74, 6) is -0.481. The Balaban J connectivity index is 1.59. The van der Waals surface area contributed by atoms with Gasteiger partial charge in [-0.1, -0.05) is 47.0 Å². The fourth-order valence-electron chi connectivity index (χ4n) is 2.46. The molecule has 0 aliphatic carbocycles. The minimum Gasteiger partial charge on any atom is -0.423 e. The average Bonchev–Trinajstić information content (AvgIpc) is 2.69. The molecule has 29 heavy (non-hydrogen) atoms. The van der Waals surface area contributed by atoms with Crippen molar-refractivity contribution in [1.82, 2.24) is 0 Å². The summed E-state index contributed by atoms with van der Waals surface area (Å²) < 4.78 is 5.24. The number of halogens is 2. The molecule has 0 aliphatic rings. The van der Waals surface area contributed by atoms with Crippen molar-refractivity contribution in [3.63, 3.8) is 0 Å². The Labute approximate surface area is 178 Å². The number of hydrogen-bond donors (Lipinski definition) is 1. The van der Waals surface area contributed by atoms with E-state index in [0.29, 0.717) is 32.6 Å². The van der Waals surface area contributed by atoms with Crippen LogP contribution in [-0.2, 0) is 4.79 Å². The van der Waals surface area contributed by atoms with Gasteiger partial charge in [0.25, 0.3) is 5.91 Å². The Morgan fingerprint density at radius 1 is 0.931 bits per heavy atom. The second kappa shape index (κ2) is 9.41. The van der Waals surface area contributed by atoms with E-state index in [1.54, 1.807) is 48.5 Å². The monoisotopic (exact) mass is 425 g/mol. The third-order valence-corrected chi connectivity index (χ3v) is 4.57. The molecule has 3 rings (SSSR count). The van der Waals surface area contributed by atoms with E-state index < -0.39 is 5.97 Å². The molecular formula is C23H17Cl2NO3. The van der Waals surface area contributed by atoms with Crippen LogP contribution in [0, 0.1) is 6.92 Å². The predicted molar refractivity (Wildman–Crippen MR) is 117 cm³/mol. The first-order chi connectivity index (χ1) is 13.9. The summed E-state index contributed by atoms with van der Waals surface area (Å²) >= 11 is 11.9. The summed E-state index contributed by atoms with van der Waals surface area (Å²) in [4.78, 5) is 24.3. The Kier molecular flexibility index (Phi) is 6.70. The molecule has 4 nitrogen and oxygen atoms in total. The van der Waals surface area contributed by atoms with Gasteiger partial charge in [0.1, 0.15) is 5.75 Å². The van der Waals surface area contributed by atoms with Crippen molar-refractivity contribution in [2.75, 3.05) is 5.32 Å². The van der Waals surface area contributed by atoms with Crippen LogP contribution in [0.2, 0.25) is 10.0 Å². The maximum absolute atomic E-state index is 12.3. The molecular weight excluding hydrogens is 409 g/mol. The number of benzene rings is 3. The summed E-state index contributed by atoms with van der Waals surface area (Å²) in [6.07, 6.45) is 2.82. The molecule has 0 atom stereocenters. The highest BCUT2D eigenvalue weighted by Crippen LogP contribution is 2.22. The van der Waals surface area contributed by atoms with Crippen LogP contribution in [0.1, 0.15) is 21.5 Å². The van der Waals surface area contributed by atoms with Crippen molar-refractivity contribution < 1.29 is 14.3 Å². The van der Waals surface area contributed by atoms with Gasteiger partial charge in [0.05, 0.1) is 0 Å². The SMILES string of the molecule is Cc1ccc(NC(=O)c2ccc(OC(=O)/C=C/c3ccc(Cl)cc3Cl)cc2)cc1. The minimum atomic E-state index is -0.562. The van der Waals surface area contributed by atoms with Gasteiger partial charge in [-0.25, -0.2) is 4.79 Å². The first kappa shape index (κ1) is 20.6. The third-order valence-electron chi connectivity index (χ3n) is 4.01. The van der Waals surface area contributed by atoms with Crippen LogP contribution in [0.4, 0.5) is 5.69 Å². The first-order valence-corrected chi connectivity index (χ1v) is 9.49. The van der Waals surface area contributed by atoms with Gasteiger partial charge >= 0.3 is 5.97 Å². The van der Waals surface area contributed by atoms with E-state index in [1.807, 2.05) is 31.2 Å². The lowest BCUT2D eigenvalue weighted by atomic mass is 10.2. The summed E-state index contributed by atoms with van der Waals surface area (Å²) in [5.41, 5.74) is 2.92. The highest BCUT2D eigenvalue weighted by atomic mass is 35.5. The summed E-state index contributed by atoms with van der Waals surface area (Å²) in [6.45, 7) is 1.98. The fourth-order valence-corrected chi connectivity index (χ4v) is 2.93. The van der Waals surface area contributed by atoms with E-state index in [-0.39, 0.29) is 5.91 Å². The number of esters is 1. The van der Waals surface area contributed by atoms with Gasteiger partial charge < -0.3 is 10.1 Å². The van der Waals surface area contributed by atoms with E-state index in [1.165, 1.54) is 6.08 Å². The lowest BCUT2D eigenvalue weighted by Gasteiger charge is -2.07. The van der Waals surface area contributed by atoms with Crippen LogP contribution >= 0.6 is 23.2 Å². The zero-order valence-corrected chi connectivity index (χ0v) is 17.0. The van der Waals surface area contributed by atoms with Gasteiger partial charge in [-0.05, 0) is 67.1 Å². The third kappa shape index (κ3) is 5.95. The summed E-state index contributed by atoms with van der Waals surface area (Å²) in [6, 6.07) is 18.8. The van der Waals surface area contributed by atoms with E-state index in [2.05, 4.69) is 5.32 Å². The largest absolute Gasteiger partial charge is 0.423 e. The highest BCUT2D eigenvalue weighted by Gasteiger charge is 2.08. The molecule has 0 saturated heterocycles. The van der Waals surface area contributed by atoms with E-state index in [9.17, 15) is 9.59 Å². The molecule has 0 radical (unpaired) electrons. The van der Waals surface area contributed by atoms with E-state index in [4.69, 9.17) is 27.9 Å². The van der Waals surface area contributed by atoms with Crippen molar-refractivity contribution in [2.45, 2.75) is 6.92 Å². The molecule has 3 aromatic rings.